The summed E-state index contributed by atoms with van der Waals surface area (Å²) in [5.41, 5.74) is 1.51. The normalized spacial score (nSPS) is 21.7. The zero-order valence-corrected chi connectivity index (χ0v) is 13.3. The fraction of sp³-hybridized carbons (Fsp3) is 0.500. The maximum Gasteiger partial charge on any atom is 0.295 e. The number of fused-ring (bicyclic) bond motifs is 1. The van der Waals surface area contributed by atoms with Crippen LogP contribution in [0.2, 0.25) is 5.02 Å². The summed E-state index contributed by atoms with van der Waals surface area (Å²) >= 11 is 5.95. The van der Waals surface area contributed by atoms with Gasteiger partial charge in [0.1, 0.15) is 5.52 Å². The summed E-state index contributed by atoms with van der Waals surface area (Å²) in [6.07, 6.45) is 4.32. The third-order valence-corrected chi connectivity index (χ3v) is 4.40. The number of carbonyl (C=O) groups excluding carboxylic acids is 1. The Morgan fingerprint density at radius 1 is 1.36 bits per heavy atom. The first kappa shape index (κ1) is 15.2. The van der Waals surface area contributed by atoms with Gasteiger partial charge in [-0.15, -0.1) is 0 Å². The van der Waals surface area contributed by atoms with E-state index < -0.39 is 0 Å². The van der Waals surface area contributed by atoms with Gasteiger partial charge >= 0.3 is 0 Å². The molecule has 5 nitrogen and oxygen atoms in total. The Balaban J connectivity index is 1.54. The SMILES string of the molecule is CC(=O)NC[C@H]1CC[C@H](Nc2nc3ccc(Cl)cc3o2)CC1. The number of carbonyl (C=O) groups is 1. The number of nitrogens with zero attached hydrogens (tertiary/aromatic N) is 1. The number of nitrogens with one attached hydrogen (secondary N) is 2. The van der Waals surface area contributed by atoms with E-state index in [0.717, 1.165) is 37.7 Å². The molecule has 1 amide bonds. The lowest BCUT2D eigenvalue weighted by molar-refractivity contribution is -0.119. The fourth-order valence-corrected chi connectivity index (χ4v) is 3.10. The maximum atomic E-state index is 10.9. The van der Waals surface area contributed by atoms with E-state index in [0.29, 0.717) is 28.6 Å². The Labute approximate surface area is 134 Å². The zero-order valence-electron chi connectivity index (χ0n) is 12.6. The van der Waals surface area contributed by atoms with Crippen molar-refractivity contribution in [3.8, 4) is 0 Å². The molecule has 6 heteroatoms. The molecule has 0 unspecified atom stereocenters. The van der Waals surface area contributed by atoms with Crippen molar-refractivity contribution in [1.29, 1.82) is 0 Å². The van der Waals surface area contributed by atoms with Crippen LogP contribution in [0.5, 0.6) is 0 Å². The van der Waals surface area contributed by atoms with Crippen LogP contribution < -0.4 is 10.6 Å². The van der Waals surface area contributed by atoms with Crippen molar-refractivity contribution in [2.75, 3.05) is 11.9 Å². The highest BCUT2D eigenvalue weighted by Crippen LogP contribution is 2.28. The van der Waals surface area contributed by atoms with E-state index in [-0.39, 0.29) is 5.91 Å². The average Bonchev–Trinajstić information content (AvgIpc) is 2.87. The van der Waals surface area contributed by atoms with Crippen LogP contribution >= 0.6 is 11.6 Å². The predicted octanol–water partition coefficient (Wildman–Crippen LogP) is 3.59. The lowest BCUT2D eigenvalue weighted by Gasteiger charge is -2.28. The Bertz CT molecular complexity index is 662. The minimum Gasteiger partial charge on any atom is -0.423 e. The summed E-state index contributed by atoms with van der Waals surface area (Å²) < 4.78 is 5.69. The number of halogens is 1. The Morgan fingerprint density at radius 3 is 2.86 bits per heavy atom. The first-order valence-corrected chi connectivity index (χ1v) is 8.05. The molecule has 1 aromatic heterocycles. The van der Waals surface area contributed by atoms with Crippen molar-refractivity contribution in [3.63, 3.8) is 0 Å². The van der Waals surface area contributed by atoms with Gasteiger partial charge in [0.15, 0.2) is 5.58 Å². The Kier molecular flexibility index (Phi) is 4.52. The van der Waals surface area contributed by atoms with Gasteiger partial charge in [0.25, 0.3) is 6.01 Å². The number of benzene rings is 1. The predicted molar refractivity (Wildman–Crippen MR) is 87.1 cm³/mol. The first-order valence-electron chi connectivity index (χ1n) is 7.67. The minimum atomic E-state index is 0.0467. The second kappa shape index (κ2) is 6.57. The Morgan fingerprint density at radius 2 is 2.14 bits per heavy atom. The molecule has 0 radical (unpaired) electrons. The van der Waals surface area contributed by atoms with Crippen LogP contribution in [0.3, 0.4) is 0 Å². The third kappa shape index (κ3) is 3.71. The van der Waals surface area contributed by atoms with Crippen molar-refractivity contribution >= 4 is 34.6 Å². The van der Waals surface area contributed by atoms with Crippen molar-refractivity contribution in [1.82, 2.24) is 10.3 Å². The van der Waals surface area contributed by atoms with Crippen LogP contribution in [-0.4, -0.2) is 23.5 Å². The van der Waals surface area contributed by atoms with E-state index >= 15 is 0 Å². The second-order valence-electron chi connectivity index (χ2n) is 5.93. The molecule has 3 rings (SSSR count). The molecule has 118 valence electrons. The van der Waals surface area contributed by atoms with Crippen molar-refractivity contribution < 1.29 is 9.21 Å². The Hall–Kier alpha value is -1.75. The van der Waals surface area contributed by atoms with Gasteiger partial charge in [0, 0.05) is 30.6 Å². The lowest BCUT2D eigenvalue weighted by Crippen LogP contribution is -2.33. The number of rotatable bonds is 4. The molecule has 2 aromatic rings. The van der Waals surface area contributed by atoms with Gasteiger partial charge in [-0.1, -0.05) is 11.6 Å². The van der Waals surface area contributed by atoms with Crippen LogP contribution in [0, 0.1) is 5.92 Å². The quantitative estimate of drug-likeness (QED) is 0.903. The summed E-state index contributed by atoms with van der Waals surface area (Å²) in [5.74, 6) is 0.620. The zero-order chi connectivity index (χ0) is 15.5. The van der Waals surface area contributed by atoms with Crippen LogP contribution in [0.4, 0.5) is 6.01 Å². The fourth-order valence-electron chi connectivity index (χ4n) is 2.93. The molecule has 0 spiro atoms. The minimum absolute atomic E-state index is 0.0467. The van der Waals surface area contributed by atoms with Gasteiger partial charge in [-0.05, 0) is 43.7 Å². The van der Waals surface area contributed by atoms with Gasteiger partial charge in [-0.25, -0.2) is 0 Å². The van der Waals surface area contributed by atoms with Gasteiger partial charge < -0.3 is 15.1 Å². The molecule has 2 N–H and O–H groups in total. The van der Waals surface area contributed by atoms with Crippen LogP contribution in [-0.2, 0) is 4.79 Å². The van der Waals surface area contributed by atoms with Gasteiger partial charge in [0.2, 0.25) is 5.91 Å². The first-order chi connectivity index (χ1) is 10.6. The summed E-state index contributed by atoms with van der Waals surface area (Å²) in [6, 6.07) is 6.37. The number of hydrogen-bond acceptors (Lipinski definition) is 4. The number of oxazole rings is 1. The third-order valence-electron chi connectivity index (χ3n) is 4.16. The summed E-state index contributed by atoms with van der Waals surface area (Å²) in [4.78, 5) is 15.4. The monoisotopic (exact) mass is 321 g/mol. The summed E-state index contributed by atoms with van der Waals surface area (Å²) in [7, 11) is 0. The molecule has 0 saturated heterocycles. The maximum absolute atomic E-state index is 10.9. The van der Waals surface area contributed by atoms with E-state index in [9.17, 15) is 4.79 Å². The van der Waals surface area contributed by atoms with E-state index in [1.165, 1.54) is 0 Å². The molecule has 1 aromatic carbocycles. The van der Waals surface area contributed by atoms with E-state index in [4.69, 9.17) is 16.0 Å². The van der Waals surface area contributed by atoms with Crippen LogP contribution in [0.25, 0.3) is 11.1 Å². The summed E-state index contributed by atoms with van der Waals surface area (Å²) in [5, 5.41) is 6.91. The van der Waals surface area contributed by atoms with E-state index in [2.05, 4.69) is 15.6 Å². The standard InChI is InChI=1S/C16H20ClN3O2/c1-10(21)18-9-11-2-5-13(6-3-11)19-16-20-14-7-4-12(17)8-15(14)22-16/h4,7-8,11,13H,2-3,5-6,9H2,1H3,(H,18,21)(H,19,20)/t11-,13-. The summed E-state index contributed by atoms with van der Waals surface area (Å²) in [6.45, 7) is 2.34. The molecule has 1 heterocycles. The molecular weight excluding hydrogens is 302 g/mol. The molecule has 1 saturated carbocycles. The molecule has 1 aliphatic rings. The lowest BCUT2D eigenvalue weighted by atomic mass is 9.86. The van der Waals surface area contributed by atoms with E-state index in [1.807, 2.05) is 12.1 Å². The number of amides is 1. The van der Waals surface area contributed by atoms with Crippen molar-refractivity contribution in [3.05, 3.63) is 23.2 Å². The molecular formula is C16H20ClN3O2. The molecule has 0 atom stereocenters. The van der Waals surface area contributed by atoms with Gasteiger partial charge in [-0.2, -0.15) is 4.98 Å². The van der Waals surface area contributed by atoms with Crippen molar-refractivity contribution in [2.45, 2.75) is 38.6 Å². The molecule has 1 fully saturated rings. The average molecular weight is 322 g/mol. The topological polar surface area (TPSA) is 67.2 Å². The molecule has 22 heavy (non-hydrogen) atoms. The molecule has 0 aliphatic heterocycles. The smallest absolute Gasteiger partial charge is 0.295 e. The largest absolute Gasteiger partial charge is 0.423 e. The molecule has 0 bridgehead atoms. The van der Waals surface area contributed by atoms with Crippen LogP contribution in [0.1, 0.15) is 32.6 Å². The highest BCUT2D eigenvalue weighted by Gasteiger charge is 2.22. The number of hydrogen-bond donors (Lipinski definition) is 2. The molecule has 1 aliphatic carbocycles. The second-order valence-corrected chi connectivity index (χ2v) is 6.37. The number of aromatic nitrogens is 1. The van der Waals surface area contributed by atoms with Gasteiger partial charge in [-0.3, -0.25) is 4.79 Å². The van der Waals surface area contributed by atoms with Crippen molar-refractivity contribution in [2.24, 2.45) is 5.92 Å². The highest BCUT2D eigenvalue weighted by molar-refractivity contribution is 6.31. The number of anilines is 1. The van der Waals surface area contributed by atoms with Crippen LogP contribution in [0.15, 0.2) is 22.6 Å². The highest BCUT2D eigenvalue weighted by atomic mass is 35.5. The van der Waals surface area contributed by atoms with E-state index in [1.54, 1.807) is 13.0 Å². The van der Waals surface area contributed by atoms with Gasteiger partial charge in [0.05, 0.1) is 0 Å².